The molecule has 0 bridgehead atoms. The summed E-state index contributed by atoms with van der Waals surface area (Å²) in [4.78, 5) is 0. The molecule has 1 unspecified atom stereocenters. The molecule has 0 radical (unpaired) electrons. The predicted octanol–water partition coefficient (Wildman–Crippen LogP) is 2.21. The van der Waals surface area contributed by atoms with E-state index in [0.29, 0.717) is 6.54 Å². The molecule has 68 valence electrons. The summed E-state index contributed by atoms with van der Waals surface area (Å²) in [6.07, 6.45) is 0.822. The Morgan fingerprint density at radius 3 is 2.55 bits per heavy atom. The molecule has 0 aromatic rings. The van der Waals surface area contributed by atoms with Gasteiger partial charge in [0.1, 0.15) is 0 Å². The van der Waals surface area contributed by atoms with Crippen LogP contribution < -0.4 is 5.32 Å². The van der Waals surface area contributed by atoms with Gasteiger partial charge in [-0.2, -0.15) is 0 Å². The second-order valence-corrected chi connectivity index (χ2v) is 2.87. The maximum Gasteiger partial charge on any atom is 0.250 e. The van der Waals surface area contributed by atoms with Crippen LogP contribution in [0.15, 0.2) is 0 Å². The first-order valence-electron chi connectivity index (χ1n) is 3.75. The van der Waals surface area contributed by atoms with Crippen LogP contribution in [0.4, 0.5) is 8.78 Å². The van der Waals surface area contributed by atoms with E-state index in [1.807, 2.05) is 6.92 Å². The van der Waals surface area contributed by atoms with E-state index in [9.17, 15) is 8.78 Å². The standard InChI is InChI=1S/C7H13F2N.ClH/c1-2-6-5-7(8,9)3-4-10-6;/h6,10H,2-5H2,1H3;1H. The number of hydrogen-bond donors (Lipinski definition) is 1. The highest BCUT2D eigenvalue weighted by Crippen LogP contribution is 2.28. The van der Waals surface area contributed by atoms with Crippen molar-refractivity contribution in [3.63, 3.8) is 0 Å². The van der Waals surface area contributed by atoms with Gasteiger partial charge in [-0.15, -0.1) is 12.4 Å². The Labute approximate surface area is 72.0 Å². The normalized spacial score (nSPS) is 29.2. The third-order valence-corrected chi connectivity index (χ3v) is 1.96. The Morgan fingerprint density at radius 2 is 2.18 bits per heavy atom. The van der Waals surface area contributed by atoms with Crippen molar-refractivity contribution in [3.8, 4) is 0 Å². The van der Waals surface area contributed by atoms with Gasteiger partial charge < -0.3 is 5.32 Å². The first-order chi connectivity index (χ1) is 4.64. The van der Waals surface area contributed by atoms with E-state index in [2.05, 4.69) is 5.32 Å². The van der Waals surface area contributed by atoms with Gasteiger partial charge in [0.05, 0.1) is 0 Å². The van der Waals surface area contributed by atoms with Crippen LogP contribution in [0, 0.1) is 0 Å². The van der Waals surface area contributed by atoms with Crippen LogP contribution in [-0.2, 0) is 0 Å². The fraction of sp³-hybridized carbons (Fsp3) is 1.00. The zero-order valence-corrected chi connectivity index (χ0v) is 7.39. The van der Waals surface area contributed by atoms with Crippen molar-refractivity contribution in [1.29, 1.82) is 0 Å². The molecular formula is C7H14ClF2N. The van der Waals surface area contributed by atoms with E-state index < -0.39 is 5.92 Å². The Kier molecular flexibility index (Phi) is 4.26. The molecule has 1 heterocycles. The number of halogens is 3. The molecule has 1 atom stereocenters. The molecule has 0 saturated carbocycles. The van der Waals surface area contributed by atoms with Gasteiger partial charge in [-0.25, -0.2) is 8.78 Å². The first-order valence-corrected chi connectivity index (χ1v) is 3.75. The molecule has 1 fully saturated rings. The molecule has 0 amide bonds. The number of alkyl halides is 2. The van der Waals surface area contributed by atoms with E-state index >= 15 is 0 Å². The van der Waals surface area contributed by atoms with Crippen LogP contribution in [0.25, 0.3) is 0 Å². The van der Waals surface area contributed by atoms with Crippen molar-refractivity contribution in [2.45, 2.75) is 38.2 Å². The van der Waals surface area contributed by atoms with Crippen molar-refractivity contribution in [3.05, 3.63) is 0 Å². The molecule has 4 heteroatoms. The highest BCUT2D eigenvalue weighted by Gasteiger charge is 2.34. The number of nitrogens with one attached hydrogen (secondary N) is 1. The molecule has 0 spiro atoms. The summed E-state index contributed by atoms with van der Waals surface area (Å²) in [5.74, 6) is -2.41. The van der Waals surface area contributed by atoms with Crippen molar-refractivity contribution in [2.24, 2.45) is 0 Å². The van der Waals surface area contributed by atoms with Crippen LogP contribution >= 0.6 is 12.4 Å². The zero-order valence-electron chi connectivity index (χ0n) is 6.57. The van der Waals surface area contributed by atoms with E-state index in [1.54, 1.807) is 0 Å². The summed E-state index contributed by atoms with van der Waals surface area (Å²) >= 11 is 0. The summed E-state index contributed by atoms with van der Waals surface area (Å²) in [5.41, 5.74) is 0. The Balaban J connectivity index is 0.000001000. The maximum absolute atomic E-state index is 12.6. The smallest absolute Gasteiger partial charge is 0.250 e. The topological polar surface area (TPSA) is 12.0 Å². The van der Waals surface area contributed by atoms with Gasteiger partial charge in [-0.3, -0.25) is 0 Å². The maximum atomic E-state index is 12.6. The van der Waals surface area contributed by atoms with E-state index in [0.717, 1.165) is 6.42 Å². The number of rotatable bonds is 1. The average molecular weight is 186 g/mol. The van der Waals surface area contributed by atoms with Gasteiger partial charge in [0.2, 0.25) is 0 Å². The molecule has 1 aliphatic heterocycles. The molecule has 1 aliphatic rings. The molecule has 11 heavy (non-hydrogen) atoms. The highest BCUT2D eigenvalue weighted by molar-refractivity contribution is 5.85. The van der Waals surface area contributed by atoms with Gasteiger partial charge in [-0.05, 0) is 6.42 Å². The molecule has 1 N–H and O–H groups in total. The number of hydrogen-bond acceptors (Lipinski definition) is 1. The second-order valence-electron chi connectivity index (χ2n) is 2.87. The highest BCUT2D eigenvalue weighted by atomic mass is 35.5. The largest absolute Gasteiger partial charge is 0.314 e. The van der Waals surface area contributed by atoms with Crippen LogP contribution in [0.1, 0.15) is 26.2 Å². The quantitative estimate of drug-likeness (QED) is 0.661. The van der Waals surface area contributed by atoms with Crippen LogP contribution in [0.2, 0.25) is 0 Å². The summed E-state index contributed by atoms with van der Waals surface area (Å²) in [5, 5.41) is 3.04. The van der Waals surface area contributed by atoms with Crippen LogP contribution in [0.3, 0.4) is 0 Å². The van der Waals surface area contributed by atoms with Crippen molar-refractivity contribution in [1.82, 2.24) is 5.32 Å². The van der Waals surface area contributed by atoms with Crippen LogP contribution in [-0.4, -0.2) is 18.5 Å². The number of piperidine rings is 1. The first kappa shape index (κ1) is 11.1. The minimum absolute atomic E-state index is 0. The van der Waals surface area contributed by atoms with Gasteiger partial charge >= 0.3 is 0 Å². The Bertz CT molecular complexity index is 119. The van der Waals surface area contributed by atoms with E-state index in [-0.39, 0.29) is 31.3 Å². The van der Waals surface area contributed by atoms with Crippen molar-refractivity contribution in [2.75, 3.05) is 6.54 Å². The zero-order chi connectivity index (χ0) is 7.61. The summed E-state index contributed by atoms with van der Waals surface area (Å²) in [7, 11) is 0. The molecule has 1 rings (SSSR count). The lowest BCUT2D eigenvalue weighted by atomic mass is 9.99. The Hall–Kier alpha value is 0.110. The van der Waals surface area contributed by atoms with Gasteiger partial charge in [0.25, 0.3) is 5.92 Å². The predicted molar refractivity (Wildman–Crippen MR) is 43.5 cm³/mol. The molecule has 0 aromatic carbocycles. The van der Waals surface area contributed by atoms with Gasteiger partial charge in [0.15, 0.2) is 0 Å². The molecule has 1 nitrogen and oxygen atoms in total. The average Bonchev–Trinajstić information content (AvgIpc) is 1.86. The molecule has 0 aliphatic carbocycles. The van der Waals surface area contributed by atoms with Gasteiger partial charge in [-0.1, -0.05) is 6.92 Å². The summed E-state index contributed by atoms with van der Waals surface area (Å²) < 4.78 is 25.2. The van der Waals surface area contributed by atoms with E-state index in [4.69, 9.17) is 0 Å². The van der Waals surface area contributed by atoms with Gasteiger partial charge in [0, 0.05) is 25.4 Å². The fourth-order valence-corrected chi connectivity index (χ4v) is 1.28. The lowest BCUT2D eigenvalue weighted by molar-refractivity contribution is -0.0413. The third-order valence-electron chi connectivity index (χ3n) is 1.96. The SMILES string of the molecule is CCC1CC(F)(F)CCN1.Cl. The van der Waals surface area contributed by atoms with Crippen LogP contribution in [0.5, 0.6) is 0 Å². The summed E-state index contributed by atoms with van der Waals surface area (Å²) in [6, 6.07) is 0.0312. The summed E-state index contributed by atoms with van der Waals surface area (Å²) in [6.45, 7) is 2.39. The van der Waals surface area contributed by atoms with Crippen molar-refractivity contribution < 1.29 is 8.78 Å². The second kappa shape index (κ2) is 4.21. The molecule has 0 aromatic heterocycles. The third kappa shape index (κ3) is 3.34. The fourth-order valence-electron chi connectivity index (χ4n) is 1.28. The van der Waals surface area contributed by atoms with Crippen molar-refractivity contribution >= 4 is 12.4 Å². The monoisotopic (exact) mass is 185 g/mol. The minimum Gasteiger partial charge on any atom is -0.314 e. The lowest BCUT2D eigenvalue weighted by Crippen LogP contribution is -2.43. The van der Waals surface area contributed by atoms with E-state index in [1.165, 1.54) is 0 Å². The molecular weight excluding hydrogens is 172 g/mol. The lowest BCUT2D eigenvalue weighted by Gasteiger charge is -2.29. The molecule has 1 saturated heterocycles. The Morgan fingerprint density at radius 1 is 1.55 bits per heavy atom. The minimum atomic E-state index is -2.41.